The molecule has 0 radical (unpaired) electrons. The van der Waals surface area contributed by atoms with Crippen LogP contribution in [0.15, 0.2) is 27.4 Å². The fourth-order valence-corrected chi connectivity index (χ4v) is 3.38. The average Bonchev–Trinajstić information content (AvgIpc) is 3.09. The molecule has 2 N–H and O–H groups in total. The number of nitrogens with one attached hydrogen (secondary N) is 1. The van der Waals surface area contributed by atoms with Crippen molar-refractivity contribution in [3.05, 3.63) is 39.7 Å². The number of fused-ring (bicyclic) bond motifs is 3. The molecule has 1 heterocycles. The number of hydrogen-bond donors (Lipinski definition) is 2. The van der Waals surface area contributed by atoms with Crippen LogP contribution in [0.25, 0.3) is 11.0 Å². The van der Waals surface area contributed by atoms with E-state index in [0.717, 1.165) is 35.8 Å². The summed E-state index contributed by atoms with van der Waals surface area (Å²) < 4.78 is 11.0. The highest BCUT2D eigenvalue weighted by Gasteiger charge is 2.26. The zero-order valence-electron chi connectivity index (χ0n) is 15.6. The lowest BCUT2D eigenvalue weighted by molar-refractivity contribution is -0.144. The minimum absolute atomic E-state index is 0.254. The molecular weight excluding hydrogens is 350 g/mol. The molecule has 3 rings (SSSR count). The maximum Gasteiger partial charge on any atom is 0.339 e. The molecule has 0 fully saturated rings. The summed E-state index contributed by atoms with van der Waals surface area (Å²) in [4.78, 5) is 35.6. The molecule has 7 nitrogen and oxygen atoms in total. The standard InChI is InChI=1S/C20H23NO6/c1-10(2)17(19(23)24)21-18(22)11(3)26-12-7-8-14-13-5-4-6-15(13)20(25)27-16(14)9-12/h7-11,17H,4-6H2,1-3H3,(H,21,22)(H,23,24). The number of carbonyl (C=O) groups is 2. The van der Waals surface area contributed by atoms with Gasteiger partial charge in [0.05, 0.1) is 0 Å². The molecule has 0 aliphatic heterocycles. The first-order valence-electron chi connectivity index (χ1n) is 9.06. The van der Waals surface area contributed by atoms with E-state index in [1.165, 1.54) is 6.92 Å². The Bertz CT molecular complexity index is 945. The summed E-state index contributed by atoms with van der Waals surface area (Å²) in [7, 11) is 0. The van der Waals surface area contributed by atoms with Crippen LogP contribution < -0.4 is 15.7 Å². The zero-order chi connectivity index (χ0) is 19.7. The smallest absolute Gasteiger partial charge is 0.339 e. The monoisotopic (exact) mass is 373 g/mol. The second-order valence-corrected chi connectivity index (χ2v) is 7.19. The number of carboxylic acids is 1. The molecule has 1 aromatic heterocycles. The van der Waals surface area contributed by atoms with Crippen LogP contribution in [0, 0.1) is 5.92 Å². The summed E-state index contributed by atoms with van der Waals surface area (Å²) in [6, 6.07) is 4.16. The van der Waals surface area contributed by atoms with Crippen LogP contribution in [0.3, 0.4) is 0 Å². The maximum absolute atomic E-state index is 12.3. The van der Waals surface area contributed by atoms with Crippen LogP contribution in [0.1, 0.15) is 38.3 Å². The summed E-state index contributed by atoms with van der Waals surface area (Å²) in [6.07, 6.45) is 1.63. The van der Waals surface area contributed by atoms with E-state index < -0.39 is 24.0 Å². The molecule has 1 aliphatic rings. The molecule has 144 valence electrons. The number of carboxylic acid groups (broad SMARTS) is 1. The number of carbonyl (C=O) groups excluding carboxylic acids is 1. The van der Waals surface area contributed by atoms with Crippen LogP contribution in [0.5, 0.6) is 5.75 Å². The predicted molar refractivity (Wildman–Crippen MR) is 99.0 cm³/mol. The van der Waals surface area contributed by atoms with Crippen LogP contribution in [0.2, 0.25) is 0 Å². The van der Waals surface area contributed by atoms with Gasteiger partial charge in [-0.25, -0.2) is 9.59 Å². The maximum atomic E-state index is 12.3. The van der Waals surface area contributed by atoms with Crippen molar-refractivity contribution in [3.8, 4) is 5.75 Å². The van der Waals surface area contributed by atoms with Crippen LogP contribution in [-0.4, -0.2) is 29.1 Å². The summed E-state index contributed by atoms with van der Waals surface area (Å²) in [6.45, 7) is 4.97. The molecular formula is C20H23NO6. The summed E-state index contributed by atoms with van der Waals surface area (Å²) >= 11 is 0. The summed E-state index contributed by atoms with van der Waals surface area (Å²) in [5.41, 5.74) is 1.88. The predicted octanol–water partition coefficient (Wildman–Crippen LogP) is 2.27. The molecule has 2 aromatic rings. The van der Waals surface area contributed by atoms with Gasteiger partial charge in [-0.3, -0.25) is 4.79 Å². The van der Waals surface area contributed by atoms with Crippen LogP contribution >= 0.6 is 0 Å². The van der Waals surface area contributed by atoms with Gasteiger partial charge in [0, 0.05) is 17.0 Å². The Labute approximate surface area is 156 Å². The van der Waals surface area contributed by atoms with Gasteiger partial charge in [-0.15, -0.1) is 0 Å². The SMILES string of the molecule is CC(Oc1ccc2c3c(c(=O)oc2c1)CCC3)C(=O)NC(C(=O)O)C(C)C. The van der Waals surface area contributed by atoms with E-state index in [9.17, 15) is 19.5 Å². The minimum Gasteiger partial charge on any atom is -0.481 e. The fourth-order valence-electron chi connectivity index (χ4n) is 3.38. The Kier molecular flexibility index (Phi) is 5.21. The van der Waals surface area contributed by atoms with Gasteiger partial charge in [0.2, 0.25) is 0 Å². The first-order chi connectivity index (χ1) is 12.8. The molecule has 0 spiro atoms. The Balaban J connectivity index is 1.78. The molecule has 1 aromatic carbocycles. The molecule has 1 aliphatic carbocycles. The van der Waals surface area contributed by atoms with Crippen molar-refractivity contribution in [2.45, 2.75) is 52.2 Å². The van der Waals surface area contributed by atoms with Gasteiger partial charge in [-0.1, -0.05) is 13.8 Å². The van der Waals surface area contributed by atoms with Gasteiger partial charge in [-0.2, -0.15) is 0 Å². The largest absolute Gasteiger partial charge is 0.481 e. The van der Waals surface area contributed by atoms with Crippen molar-refractivity contribution < 1.29 is 23.8 Å². The highest BCUT2D eigenvalue weighted by Crippen LogP contribution is 2.29. The van der Waals surface area contributed by atoms with Crippen molar-refractivity contribution in [3.63, 3.8) is 0 Å². The van der Waals surface area contributed by atoms with Crippen molar-refractivity contribution in [1.29, 1.82) is 0 Å². The van der Waals surface area contributed by atoms with Crippen molar-refractivity contribution in [1.82, 2.24) is 5.32 Å². The molecule has 0 bridgehead atoms. The number of ether oxygens (including phenoxy) is 1. The highest BCUT2D eigenvalue weighted by atomic mass is 16.5. The van der Waals surface area contributed by atoms with E-state index in [-0.39, 0.29) is 11.5 Å². The number of aryl methyl sites for hydroxylation is 1. The van der Waals surface area contributed by atoms with Crippen LogP contribution in [0.4, 0.5) is 0 Å². The third kappa shape index (κ3) is 3.82. The highest BCUT2D eigenvalue weighted by molar-refractivity contribution is 5.87. The van der Waals surface area contributed by atoms with Crippen molar-refractivity contribution >= 4 is 22.8 Å². The first kappa shape index (κ1) is 18.9. The third-order valence-corrected chi connectivity index (χ3v) is 4.86. The average molecular weight is 373 g/mol. The minimum atomic E-state index is -1.09. The van der Waals surface area contributed by atoms with Gasteiger partial charge in [0.15, 0.2) is 6.10 Å². The Morgan fingerprint density at radius 3 is 2.56 bits per heavy atom. The van der Waals surface area contributed by atoms with E-state index in [4.69, 9.17) is 9.15 Å². The summed E-state index contributed by atoms with van der Waals surface area (Å²) in [5.74, 6) is -1.49. The lowest BCUT2D eigenvalue weighted by Crippen LogP contribution is -2.48. The molecule has 2 unspecified atom stereocenters. The molecule has 27 heavy (non-hydrogen) atoms. The van der Waals surface area contributed by atoms with E-state index in [1.807, 2.05) is 6.07 Å². The fraction of sp³-hybridized carbons (Fsp3) is 0.450. The second kappa shape index (κ2) is 7.42. The number of amides is 1. The van der Waals surface area contributed by atoms with Gasteiger partial charge in [0.25, 0.3) is 5.91 Å². The zero-order valence-corrected chi connectivity index (χ0v) is 15.6. The number of benzene rings is 1. The second-order valence-electron chi connectivity index (χ2n) is 7.19. The Morgan fingerprint density at radius 2 is 1.89 bits per heavy atom. The molecule has 2 atom stereocenters. The lowest BCUT2D eigenvalue weighted by atomic mass is 10.0. The van der Waals surface area contributed by atoms with E-state index in [0.29, 0.717) is 11.3 Å². The van der Waals surface area contributed by atoms with Gasteiger partial charge >= 0.3 is 11.6 Å². The third-order valence-electron chi connectivity index (χ3n) is 4.86. The van der Waals surface area contributed by atoms with Crippen molar-refractivity contribution in [2.24, 2.45) is 5.92 Å². The Morgan fingerprint density at radius 1 is 1.19 bits per heavy atom. The number of aliphatic carboxylic acids is 1. The van der Waals surface area contributed by atoms with E-state index in [1.54, 1.807) is 26.0 Å². The van der Waals surface area contributed by atoms with E-state index >= 15 is 0 Å². The summed E-state index contributed by atoms with van der Waals surface area (Å²) in [5, 5.41) is 12.6. The van der Waals surface area contributed by atoms with Crippen LogP contribution in [-0.2, 0) is 22.4 Å². The van der Waals surface area contributed by atoms with Gasteiger partial charge in [-0.05, 0) is 49.8 Å². The molecule has 0 saturated carbocycles. The quantitative estimate of drug-likeness (QED) is 0.753. The number of rotatable bonds is 6. The lowest BCUT2D eigenvalue weighted by Gasteiger charge is -2.21. The first-order valence-corrected chi connectivity index (χ1v) is 9.06. The molecule has 0 saturated heterocycles. The Hall–Kier alpha value is -2.83. The van der Waals surface area contributed by atoms with Gasteiger partial charge in [0.1, 0.15) is 17.4 Å². The molecule has 1 amide bonds. The number of hydrogen-bond acceptors (Lipinski definition) is 5. The van der Waals surface area contributed by atoms with Crippen molar-refractivity contribution in [2.75, 3.05) is 0 Å². The van der Waals surface area contributed by atoms with E-state index in [2.05, 4.69) is 5.32 Å². The van der Waals surface area contributed by atoms with Gasteiger partial charge < -0.3 is 19.6 Å². The molecule has 7 heteroatoms. The normalized spacial score (nSPS) is 15.4. The topological polar surface area (TPSA) is 106 Å².